The van der Waals surface area contributed by atoms with Crippen LogP contribution in [0, 0.1) is 0 Å². The van der Waals surface area contributed by atoms with Crippen molar-refractivity contribution in [1.29, 1.82) is 0 Å². The molecule has 3 heteroatoms. The van der Waals surface area contributed by atoms with Gasteiger partial charge in [-0.3, -0.25) is 10.7 Å². The second-order valence-electron chi connectivity index (χ2n) is 2.35. The van der Waals surface area contributed by atoms with Crippen LogP contribution in [0.4, 0.5) is 0 Å². The molecule has 0 heterocycles. The van der Waals surface area contributed by atoms with E-state index in [9.17, 15) is 0 Å². The maximum atomic E-state index is 8.30. The largest absolute Gasteiger partial charge is 0.291 e. The average Bonchev–Trinajstić information content (AvgIpc) is 1.98. The second kappa shape index (κ2) is 6.96. The topological polar surface area (TPSA) is 32.3 Å². The molecule has 0 aliphatic rings. The molecule has 60 valence electrons. The Balaban J connectivity index is 2.96. The smallest absolute Gasteiger partial charge is 0.100 e. The van der Waals surface area contributed by atoms with Crippen molar-refractivity contribution in [3.63, 3.8) is 0 Å². The first-order chi connectivity index (χ1) is 4.81. The zero-order chi connectivity index (χ0) is 7.82. The van der Waals surface area contributed by atoms with Crippen LogP contribution in [0.25, 0.3) is 0 Å². The minimum Gasteiger partial charge on any atom is -0.291 e. The van der Waals surface area contributed by atoms with E-state index in [1.165, 1.54) is 19.3 Å². The van der Waals surface area contributed by atoms with Crippen molar-refractivity contribution < 1.29 is 5.21 Å². The number of unbranched alkanes of at least 4 members (excludes halogenated alkanes) is 3. The molecule has 0 aromatic heterocycles. The van der Waals surface area contributed by atoms with Gasteiger partial charge in [-0.25, -0.2) is 0 Å². The van der Waals surface area contributed by atoms with Gasteiger partial charge in [0.1, 0.15) is 4.99 Å². The highest BCUT2D eigenvalue weighted by molar-refractivity contribution is 7.80. The van der Waals surface area contributed by atoms with Gasteiger partial charge in [-0.05, 0) is 12.8 Å². The van der Waals surface area contributed by atoms with Gasteiger partial charge in [-0.1, -0.05) is 38.4 Å². The Kier molecular flexibility index (Phi) is 6.86. The SMILES string of the molecule is CCCCCCC(=S)NO. The van der Waals surface area contributed by atoms with Crippen LogP contribution in [0.15, 0.2) is 0 Å². The Bertz CT molecular complexity index is 95.6. The third-order valence-electron chi connectivity index (χ3n) is 1.38. The van der Waals surface area contributed by atoms with Crippen molar-refractivity contribution >= 4 is 17.2 Å². The summed E-state index contributed by atoms with van der Waals surface area (Å²) in [4.78, 5) is 0.552. The molecule has 0 amide bonds. The molecule has 2 N–H and O–H groups in total. The number of hydrogen-bond donors (Lipinski definition) is 2. The van der Waals surface area contributed by atoms with Crippen LogP contribution >= 0.6 is 12.2 Å². The fourth-order valence-corrected chi connectivity index (χ4v) is 0.913. The summed E-state index contributed by atoms with van der Waals surface area (Å²) >= 11 is 4.74. The summed E-state index contributed by atoms with van der Waals surface area (Å²) in [6, 6.07) is 0. The van der Waals surface area contributed by atoms with Gasteiger partial charge in [0.25, 0.3) is 0 Å². The number of hydrogen-bond acceptors (Lipinski definition) is 2. The Labute approximate surface area is 67.6 Å². The Morgan fingerprint density at radius 3 is 2.60 bits per heavy atom. The highest BCUT2D eigenvalue weighted by Crippen LogP contribution is 2.02. The first-order valence-electron chi connectivity index (χ1n) is 3.74. The fraction of sp³-hybridized carbons (Fsp3) is 0.857. The third kappa shape index (κ3) is 5.98. The lowest BCUT2D eigenvalue weighted by atomic mass is 10.2. The van der Waals surface area contributed by atoms with E-state index in [0.29, 0.717) is 4.99 Å². The molecule has 0 bridgehead atoms. The van der Waals surface area contributed by atoms with E-state index in [4.69, 9.17) is 17.4 Å². The van der Waals surface area contributed by atoms with Crippen LogP contribution in [0.1, 0.15) is 39.0 Å². The molecule has 0 saturated heterocycles. The summed E-state index contributed by atoms with van der Waals surface area (Å²) in [6.07, 6.45) is 5.59. The second-order valence-corrected chi connectivity index (χ2v) is 2.84. The molecule has 2 nitrogen and oxygen atoms in total. The standard InChI is InChI=1S/C7H15NOS/c1-2-3-4-5-6-7(10)8-9/h9H,2-6H2,1H3,(H,8,10). The van der Waals surface area contributed by atoms with E-state index in [1.807, 2.05) is 5.48 Å². The molecule has 0 aromatic rings. The molecular formula is C7H15NOS. The molecule has 0 radical (unpaired) electrons. The zero-order valence-electron chi connectivity index (χ0n) is 6.39. The summed E-state index contributed by atoms with van der Waals surface area (Å²) in [6.45, 7) is 2.17. The third-order valence-corrected chi connectivity index (χ3v) is 1.68. The molecule has 0 atom stereocenters. The summed E-state index contributed by atoms with van der Waals surface area (Å²) in [7, 11) is 0. The Morgan fingerprint density at radius 2 is 2.10 bits per heavy atom. The molecule has 0 aliphatic carbocycles. The van der Waals surface area contributed by atoms with Gasteiger partial charge in [0.15, 0.2) is 0 Å². The summed E-state index contributed by atoms with van der Waals surface area (Å²) in [5.74, 6) is 0. The summed E-state index contributed by atoms with van der Waals surface area (Å²) in [5, 5.41) is 8.30. The van der Waals surface area contributed by atoms with Gasteiger partial charge in [0, 0.05) is 0 Å². The van der Waals surface area contributed by atoms with Crippen LogP contribution in [-0.2, 0) is 0 Å². The Hall–Kier alpha value is -0.150. The number of hydroxylamine groups is 1. The number of nitrogens with one attached hydrogen (secondary N) is 1. The van der Waals surface area contributed by atoms with Crippen LogP contribution < -0.4 is 5.48 Å². The van der Waals surface area contributed by atoms with Crippen molar-refractivity contribution in [1.82, 2.24) is 5.48 Å². The van der Waals surface area contributed by atoms with Gasteiger partial charge >= 0.3 is 0 Å². The summed E-state index contributed by atoms with van der Waals surface area (Å²) in [5.41, 5.74) is 1.97. The lowest BCUT2D eigenvalue weighted by molar-refractivity contribution is 0.234. The lowest BCUT2D eigenvalue weighted by Crippen LogP contribution is -2.15. The summed E-state index contributed by atoms with van der Waals surface area (Å²) < 4.78 is 0. The van der Waals surface area contributed by atoms with Crippen molar-refractivity contribution in [2.24, 2.45) is 0 Å². The fourth-order valence-electron chi connectivity index (χ4n) is 0.768. The number of rotatable bonds is 5. The molecule has 0 unspecified atom stereocenters. The minimum absolute atomic E-state index is 0.552. The van der Waals surface area contributed by atoms with Crippen LogP contribution in [0.2, 0.25) is 0 Å². The van der Waals surface area contributed by atoms with Crippen molar-refractivity contribution in [2.45, 2.75) is 39.0 Å². The average molecular weight is 161 g/mol. The first kappa shape index (κ1) is 9.85. The van der Waals surface area contributed by atoms with Crippen LogP contribution in [0.3, 0.4) is 0 Å². The minimum atomic E-state index is 0.552. The van der Waals surface area contributed by atoms with E-state index in [0.717, 1.165) is 12.8 Å². The monoisotopic (exact) mass is 161 g/mol. The molecule has 0 saturated carbocycles. The Morgan fingerprint density at radius 1 is 1.40 bits per heavy atom. The molecule has 0 aromatic carbocycles. The van der Waals surface area contributed by atoms with E-state index in [2.05, 4.69) is 6.92 Å². The van der Waals surface area contributed by atoms with E-state index >= 15 is 0 Å². The quantitative estimate of drug-likeness (QED) is 0.368. The van der Waals surface area contributed by atoms with E-state index in [-0.39, 0.29) is 0 Å². The maximum Gasteiger partial charge on any atom is 0.100 e. The van der Waals surface area contributed by atoms with Crippen molar-refractivity contribution in [2.75, 3.05) is 0 Å². The van der Waals surface area contributed by atoms with Crippen LogP contribution in [0.5, 0.6) is 0 Å². The van der Waals surface area contributed by atoms with Gasteiger partial charge in [0.05, 0.1) is 0 Å². The van der Waals surface area contributed by atoms with Crippen molar-refractivity contribution in [3.8, 4) is 0 Å². The van der Waals surface area contributed by atoms with Crippen LogP contribution in [-0.4, -0.2) is 10.2 Å². The predicted octanol–water partition coefficient (Wildman–Crippen LogP) is 2.26. The molecule has 0 rings (SSSR count). The van der Waals surface area contributed by atoms with Gasteiger partial charge in [0.2, 0.25) is 0 Å². The first-order valence-corrected chi connectivity index (χ1v) is 4.15. The van der Waals surface area contributed by atoms with E-state index < -0.39 is 0 Å². The zero-order valence-corrected chi connectivity index (χ0v) is 7.21. The molecule has 0 fully saturated rings. The maximum absolute atomic E-state index is 8.30. The predicted molar refractivity (Wildman–Crippen MR) is 46.3 cm³/mol. The van der Waals surface area contributed by atoms with E-state index in [1.54, 1.807) is 0 Å². The number of thiocarbonyl (C=S) groups is 1. The van der Waals surface area contributed by atoms with Gasteiger partial charge in [-0.15, -0.1) is 0 Å². The molecule has 0 aliphatic heterocycles. The molecule has 0 spiro atoms. The van der Waals surface area contributed by atoms with Gasteiger partial charge < -0.3 is 0 Å². The molecular weight excluding hydrogens is 146 g/mol. The normalized spacial score (nSPS) is 9.40. The molecule has 10 heavy (non-hydrogen) atoms. The lowest BCUT2D eigenvalue weighted by Gasteiger charge is -1.99. The highest BCUT2D eigenvalue weighted by Gasteiger charge is 1.92. The highest BCUT2D eigenvalue weighted by atomic mass is 32.1. The van der Waals surface area contributed by atoms with Crippen molar-refractivity contribution in [3.05, 3.63) is 0 Å². The van der Waals surface area contributed by atoms with Gasteiger partial charge in [-0.2, -0.15) is 0 Å².